The van der Waals surface area contributed by atoms with Crippen LogP contribution in [0.3, 0.4) is 0 Å². The summed E-state index contributed by atoms with van der Waals surface area (Å²) in [7, 11) is 1.58. The zero-order valence-corrected chi connectivity index (χ0v) is 12.1. The highest BCUT2D eigenvalue weighted by Gasteiger charge is 2.28. The first-order valence-corrected chi connectivity index (χ1v) is 6.90. The molecule has 0 spiro atoms. The lowest BCUT2D eigenvalue weighted by molar-refractivity contribution is 0.0895. The number of nitriles is 1. The van der Waals surface area contributed by atoms with Crippen molar-refractivity contribution in [3.8, 4) is 23.7 Å². The highest BCUT2D eigenvalue weighted by atomic mass is 16.5. The fourth-order valence-corrected chi connectivity index (χ4v) is 1.82. The van der Waals surface area contributed by atoms with Crippen LogP contribution in [0.5, 0.6) is 5.75 Å². The van der Waals surface area contributed by atoms with Crippen molar-refractivity contribution >= 4 is 0 Å². The monoisotopic (exact) mass is 271 g/mol. The van der Waals surface area contributed by atoms with Gasteiger partial charge in [0, 0.05) is 19.3 Å². The van der Waals surface area contributed by atoms with E-state index in [4.69, 9.17) is 4.74 Å². The first-order chi connectivity index (χ1) is 9.66. The summed E-state index contributed by atoms with van der Waals surface area (Å²) in [5, 5.41) is 19.6. The minimum Gasteiger partial charge on any atom is -0.497 e. The molecule has 0 radical (unpaired) electrons. The fraction of sp³-hybridized carbons (Fsp3) is 0.471. The van der Waals surface area contributed by atoms with Gasteiger partial charge >= 0.3 is 0 Å². The molecule has 3 nitrogen and oxygen atoms in total. The Morgan fingerprint density at radius 3 is 2.40 bits per heavy atom. The molecule has 1 rings (SSSR count). The zero-order valence-electron chi connectivity index (χ0n) is 12.1. The van der Waals surface area contributed by atoms with Gasteiger partial charge < -0.3 is 9.84 Å². The SMILES string of the molecule is CCCCC#CCCC(O)(C#N)c1ccc(OC)cc1. The van der Waals surface area contributed by atoms with Crippen molar-refractivity contribution < 1.29 is 9.84 Å². The summed E-state index contributed by atoms with van der Waals surface area (Å²) in [6, 6.07) is 8.89. The Bertz CT molecular complexity index is 505. The van der Waals surface area contributed by atoms with E-state index in [-0.39, 0.29) is 0 Å². The molecule has 106 valence electrons. The Kier molecular flexibility index (Phi) is 6.64. The summed E-state index contributed by atoms with van der Waals surface area (Å²) in [4.78, 5) is 0. The van der Waals surface area contributed by atoms with Crippen molar-refractivity contribution in [3.63, 3.8) is 0 Å². The quantitative estimate of drug-likeness (QED) is 0.490. The van der Waals surface area contributed by atoms with Gasteiger partial charge in [0.1, 0.15) is 11.8 Å². The molecule has 1 N–H and O–H groups in total. The first-order valence-electron chi connectivity index (χ1n) is 6.90. The number of unbranched alkanes of at least 4 members (excludes halogenated alkanes) is 2. The summed E-state index contributed by atoms with van der Waals surface area (Å²) < 4.78 is 5.06. The number of ether oxygens (including phenoxy) is 1. The minimum atomic E-state index is -1.48. The van der Waals surface area contributed by atoms with E-state index in [9.17, 15) is 10.4 Å². The summed E-state index contributed by atoms with van der Waals surface area (Å²) in [5.74, 6) is 6.78. The van der Waals surface area contributed by atoms with E-state index in [0.29, 0.717) is 24.2 Å². The maximum Gasteiger partial charge on any atom is 0.177 e. The smallest absolute Gasteiger partial charge is 0.177 e. The summed E-state index contributed by atoms with van der Waals surface area (Å²) in [6.45, 7) is 2.12. The lowest BCUT2D eigenvalue weighted by atomic mass is 9.90. The number of methoxy groups -OCH3 is 1. The normalized spacial score (nSPS) is 12.7. The van der Waals surface area contributed by atoms with Crippen molar-refractivity contribution in [2.45, 2.75) is 44.6 Å². The van der Waals surface area contributed by atoms with Gasteiger partial charge in [-0.3, -0.25) is 0 Å². The summed E-state index contributed by atoms with van der Waals surface area (Å²) in [5.41, 5.74) is -0.901. The number of hydrogen-bond acceptors (Lipinski definition) is 3. The minimum absolute atomic E-state index is 0.314. The van der Waals surface area contributed by atoms with Crippen molar-refractivity contribution in [1.82, 2.24) is 0 Å². The van der Waals surface area contributed by atoms with Crippen molar-refractivity contribution in [2.24, 2.45) is 0 Å². The fourth-order valence-electron chi connectivity index (χ4n) is 1.82. The van der Waals surface area contributed by atoms with Crippen LogP contribution in [0.4, 0.5) is 0 Å². The van der Waals surface area contributed by atoms with Gasteiger partial charge in [-0.2, -0.15) is 5.26 Å². The molecule has 1 atom stereocenters. The van der Waals surface area contributed by atoms with E-state index in [1.54, 1.807) is 31.4 Å². The van der Waals surface area contributed by atoms with Crippen molar-refractivity contribution in [1.29, 1.82) is 5.26 Å². The topological polar surface area (TPSA) is 53.2 Å². The predicted molar refractivity (Wildman–Crippen MR) is 79.0 cm³/mol. The van der Waals surface area contributed by atoms with Crippen LogP contribution in [0.1, 0.15) is 44.6 Å². The first kappa shape index (κ1) is 16.1. The standard InChI is InChI=1S/C17H21NO2/c1-3-4-5-6-7-8-13-17(19,14-18)15-9-11-16(20-2)12-10-15/h9-12,19H,3-5,8,13H2,1-2H3. The second-order valence-corrected chi connectivity index (χ2v) is 4.66. The van der Waals surface area contributed by atoms with Gasteiger partial charge in [0.2, 0.25) is 0 Å². The van der Waals surface area contributed by atoms with Gasteiger partial charge in [-0.25, -0.2) is 0 Å². The Hall–Kier alpha value is -1.97. The van der Waals surface area contributed by atoms with Crippen LogP contribution in [-0.2, 0) is 5.60 Å². The van der Waals surface area contributed by atoms with Gasteiger partial charge in [0.05, 0.1) is 7.11 Å². The van der Waals surface area contributed by atoms with Crippen molar-refractivity contribution in [2.75, 3.05) is 7.11 Å². The van der Waals surface area contributed by atoms with Crippen LogP contribution < -0.4 is 4.74 Å². The molecule has 20 heavy (non-hydrogen) atoms. The Morgan fingerprint density at radius 1 is 1.20 bits per heavy atom. The Labute approximate surface area is 121 Å². The number of nitrogens with zero attached hydrogens (tertiary/aromatic N) is 1. The number of hydrogen-bond donors (Lipinski definition) is 1. The maximum atomic E-state index is 10.4. The molecule has 1 unspecified atom stereocenters. The van der Waals surface area contributed by atoms with Crippen LogP contribution in [0, 0.1) is 23.2 Å². The number of aliphatic hydroxyl groups is 1. The molecular formula is C17H21NO2. The average Bonchev–Trinajstić information content (AvgIpc) is 2.50. The largest absolute Gasteiger partial charge is 0.497 e. The molecule has 0 amide bonds. The van der Waals surface area contributed by atoms with Gasteiger partial charge in [-0.1, -0.05) is 25.5 Å². The third-order valence-corrected chi connectivity index (χ3v) is 3.14. The summed E-state index contributed by atoms with van der Waals surface area (Å²) in [6.07, 6.45) is 3.93. The summed E-state index contributed by atoms with van der Waals surface area (Å²) >= 11 is 0. The molecule has 0 saturated carbocycles. The number of rotatable bonds is 6. The molecule has 0 aliphatic heterocycles. The highest BCUT2D eigenvalue weighted by Crippen LogP contribution is 2.27. The molecule has 0 aliphatic rings. The lowest BCUT2D eigenvalue weighted by Crippen LogP contribution is -2.23. The Balaban J connectivity index is 2.65. The molecule has 0 bridgehead atoms. The maximum absolute atomic E-state index is 10.4. The third-order valence-electron chi connectivity index (χ3n) is 3.14. The molecule has 3 heteroatoms. The molecule has 0 heterocycles. The van der Waals surface area contributed by atoms with E-state index in [1.165, 1.54) is 0 Å². The molecule has 0 saturated heterocycles. The molecule has 0 fully saturated rings. The van der Waals surface area contributed by atoms with Crippen LogP contribution >= 0.6 is 0 Å². The van der Waals surface area contributed by atoms with E-state index in [2.05, 4.69) is 18.8 Å². The third kappa shape index (κ3) is 4.61. The lowest BCUT2D eigenvalue weighted by Gasteiger charge is -2.19. The second-order valence-electron chi connectivity index (χ2n) is 4.66. The van der Waals surface area contributed by atoms with Gasteiger partial charge in [-0.05, 0) is 24.1 Å². The number of benzene rings is 1. The zero-order chi connectivity index (χ0) is 14.8. The van der Waals surface area contributed by atoms with Gasteiger partial charge in [-0.15, -0.1) is 11.8 Å². The molecular weight excluding hydrogens is 250 g/mol. The van der Waals surface area contributed by atoms with Gasteiger partial charge in [0.15, 0.2) is 5.60 Å². The predicted octanol–water partition coefficient (Wildman–Crippen LogP) is 3.38. The van der Waals surface area contributed by atoms with Crippen molar-refractivity contribution in [3.05, 3.63) is 29.8 Å². The van der Waals surface area contributed by atoms with E-state index in [1.807, 2.05) is 6.07 Å². The van der Waals surface area contributed by atoms with E-state index >= 15 is 0 Å². The van der Waals surface area contributed by atoms with Crippen LogP contribution in [0.2, 0.25) is 0 Å². The van der Waals surface area contributed by atoms with E-state index < -0.39 is 5.60 Å². The second kappa shape index (κ2) is 8.25. The van der Waals surface area contributed by atoms with E-state index in [0.717, 1.165) is 19.3 Å². The van der Waals surface area contributed by atoms with Crippen LogP contribution in [0.25, 0.3) is 0 Å². The van der Waals surface area contributed by atoms with Gasteiger partial charge in [0.25, 0.3) is 0 Å². The van der Waals surface area contributed by atoms with Crippen LogP contribution in [-0.4, -0.2) is 12.2 Å². The Morgan fingerprint density at radius 2 is 1.85 bits per heavy atom. The molecule has 1 aromatic rings. The molecule has 1 aromatic carbocycles. The highest BCUT2D eigenvalue weighted by molar-refractivity contribution is 5.34. The molecule has 0 aliphatic carbocycles. The van der Waals surface area contributed by atoms with Crippen LogP contribution in [0.15, 0.2) is 24.3 Å². The molecule has 0 aromatic heterocycles. The average molecular weight is 271 g/mol.